The maximum absolute atomic E-state index is 12.1. The van der Waals surface area contributed by atoms with E-state index in [0.717, 1.165) is 25.4 Å². The first-order valence-electron chi connectivity index (χ1n) is 6.91. The van der Waals surface area contributed by atoms with Gasteiger partial charge in [-0.05, 0) is 36.3 Å². The summed E-state index contributed by atoms with van der Waals surface area (Å²) in [5.74, 6) is 0.890. The molecule has 2 N–H and O–H groups in total. The number of hydrogen-bond donors (Lipinski definition) is 2. The fourth-order valence-corrected chi connectivity index (χ4v) is 2.70. The minimum absolute atomic E-state index is 0. The van der Waals surface area contributed by atoms with Gasteiger partial charge in [-0.2, -0.15) is 0 Å². The average molecular weight is 281 g/mol. The molecular formula is C15H21ClN2O. The van der Waals surface area contributed by atoms with Gasteiger partial charge in [-0.15, -0.1) is 12.4 Å². The van der Waals surface area contributed by atoms with Gasteiger partial charge >= 0.3 is 0 Å². The van der Waals surface area contributed by atoms with E-state index in [0.29, 0.717) is 0 Å². The van der Waals surface area contributed by atoms with E-state index in [9.17, 15) is 4.79 Å². The largest absolute Gasteiger partial charge is 0.354 e. The van der Waals surface area contributed by atoms with Gasteiger partial charge in [0.25, 0.3) is 0 Å². The molecule has 1 fully saturated rings. The first-order chi connectivity index (χ1) is 8.83. The lowest BCUT2D eigenvalue weighted by atomic mass is 9.85. The summed E-state index contributed by atoms with van der Waals surface area (Å²) in [4.78, 5) is 12.1. The number of halogens is 1. The van der Waals surface area contributed by atoms with Crippen LogP contribution in [0.3, 0.4) is 0 Å². The second-order valence-corrected chi connectivity index (χ2v) is 5.45. The molecule has 0 radical (unpaired) electrons. The van der Waals surface area contributed by atoms with E-state index in [2.05, 4.69) is 28.8 Å². The van der Waals surface area contributed by atoms with Gasteiger partial charge in [0.15, 0.2) is 0 Å². The van der Waals surface area contributed by atoms with Crippen molar-refractivity contribution in [2.45, 2.75) is 38.3 Å². The van der Waals surface area contributed by atoms with Gasteiger partial charge in [0.1, 0.15) is 0 Å². The summed E-state index contributed by atoms with van der Waals surface area (Å²) in [6.07, 6.45) is 4.70. The minimum Gasteiger partial charge on any atom is -0.354 e. The standard InChI is InChI=1S/C15H20N2O.ClH/c18-15(17-9-11-4-3-5-11)14-8-12-6-1-2-7-13(12)10-16-14;/h1-2,6-7,11,14,16H,3-5,8-10H2,(H,17,18);1H. The van der Waals surface area contributed by atoms with E-state index < -0.39 is 0 Å². The zero-order valence-corrected chi connectivity index (χ0v) is 11.8. The van der Waals surface area contributed by atoms with Crippen LogP contribution < -0.4 is 10.6 Å². The molecule has 4 heteroatoms. The molecular weight excluding hydrogens is 260 g/mol. The Hall–Kier alpha value is -1.06. The van der Waals surface area contributed by atoms with Gasteiger partial charge in [-0.25, -0.2) is 0 Å². The lowest BCUT2D eigenvalue weighted by molar-refractivity contribution is -0.123. The number of hydrogen-bond acceptors (Lipinski definition) is 2. The summed E-state index contributed by atoms with van der Waals surface area (Å²) in [5, 5.41) is 6.41. The Morgan fingerprint density at radius 1 is 1.26 bits per heavy atom. The number of fused-ring (bicyclic) bond motifs is 1. The van der Waals surface area contributed by atoms with E-state index in [4.69, 9.17) is 0 Å². The highest BCUT2D eigenvalue weighted by atomic mass is 35.5. The maximum atomic E-state index is 12.1. The molecule has 19 heavy (non-hydrogen) atoms. The predicted octanol–water partition coefficient (Wildman–Crippen LogP) is 2.04. The van der Waals surface area contributed by atoms with Crippen molar-refractivity contribution in [3.8, 4) is 0 Å². The lowest BCUT2D eigenvalue weighted by Gasteiger charge is -2.28. The van der Waals surface area contributed by atoms with Gasteiger partial charge in [-0.1, -0.05) is 30.7 Å². The molecule has 1 amide bonds. The van der Waals surface area contributed by atoms with E-state index in [1.165, 1.54) is 30.4 Å². The van der Waals surface area contributed by atoms with Gasteiger partial charge < -0.3 is 10.6 Å². The molecule has 1 aromatic rings. The highest BCUT2D eigenvalue weighted by Crippen LogP contribution is 2.25. The second-order valence-electron chi connectivity index (χ2n) is 5.45. The van der Waals surface area contributed by atoms with Gasteiger partial charge in [0, 0.05) is 13.1 Å². The van der Waals surface area contributed by atoms with Crippen LogP contribution >= 0.6 is 12.4 Å². The molecule has 1 aliphatic carbocycles. The zero-order chi connectivity index (χ0) is 12.4. The zero-order valence-electron chi connectivity index (χ0n) is 11.0. The Morgan fingerprint density at radius 3 is 2.68 bits per heavy atom. The van der Waals surface area contributed by atoms with Gasteiger partial charge in [0.05, 0.1) is 6.04 Å². The SMILES string of the molecule is Cl.O=C(NCC1CCC1)C1Cc2ccccc2CN1. The van der Waals surface area contributed by atoms with Crippen LogP contribution in [0.1, 0.15) is 30.4 Å². The maximum Gasteiger partial charge on any atom is 0.237 e. The molecule has 1 saturated carbocycles. The van der Waals surface area contributed by atoms with Crippen molar-refractivity contribution in [2.75, 3.05) is 6.54 Å². The van der Waals surface area contributed by atoms with Crippen LogP contribution in [0, 0.1) is 5.92 Å². The molecule has 1 atom stereocenters. The van der Waals surface area contributed by atoms with Crippen molar-refractivity contribution >= 4 is 18.3 Å². The molecule has 3 nitrogen and oxygen atoms in total. The van der Waals surface area contributed by atoms with E-state index >= 15 is 0 Å². The molecule has 0 bridgehead atoms. The molecule has 104 valence electrons. The second kappa shape index (κ2) is 6.40. The summed E-state index contributed by atoms with van der Waals surface area (Å²) in [6, 6.07) is 8.30. The predicted molar refractivity (Wildman–Crippen MR) is 78.4 cm³/mol. The molecule has 1 aromatic carbocycles. The fourth-order valence-electron chi connectivity index (χ4n) is 2.70. The summed E-state index contributed by atoms with van der Waals surface area (Å²) < 4.78 is 0. The van der Waals surface area contributed by atoms with Crippen LogP contribution in [0.4, 0.5) is 0 Å². The van der Waals surface area contributed by atoms with Crippen LogP contribution in [0.5, 0.6) is 0 Å². The van der Waals surface area contributed by atoms with Crippen molar-refractivity contribution in [1.82, 2.24) is 10.6 Å². The molecule has 0 aromatic heterocycles. The third-order valence-corrected chi connectivity index (χ3v) is 4.19. The van der Waals surface area contributed by atoms with E-state index in [1.807, 2.05) is 6.07 Å². The van der Waals surface area contributed by atoms with Crippen LogP contribution in [0.2, 0.25) is 0 Å². The quantitative estimate of drug-likeness (QED) is 0.890. The topological polar surface area (TPSA) is 41.1 Å². The highest BCUT2D eigenvalue weighted by molar-refractivity contribution is 5.85. The monoisotopic (exact) mass is 280 g/mol. The molecule has 1 unspecified atom stereocenters. The number of carbonyl (C=O) groups is 1. The van der Waals surface area contributed by atoms with Crippen LogP contribution in [0.25, 0.3) is 0 Å². The number of amides is 1. The molecule has 1 aliphatic heterocycles. The third kappa shape index (κ3) is 3.28. The van der Waals surface area contributed by atoms with Crippen LogP contribution in [-0.4, -0.2) is 18.5 Å². The summed E-state index contributed by atoms with van der Waals surface area (Å²) in [7, 11) is 0. The Bertz CT molecular complexity index is 446. The van der Waals surface area contributed by atoms with Crippen molar-refractivity contribution in [1.29, 1.82) is 0 Å². The summed E-state index contributed by atoms with van der Waals surface area (Å²) in [6.45, 7) is 1.66. The number of benzene rings is 1. The first-order valence-corrected chi connectivity index (χ1v) is 6.91. The minimum atomic E-state index is -0.0556. The molecule has 3 rings (SSSR count). The normalized spacial score (nSPS) is 21.8. The number of carbonyl (C=O) groups excluding carboxylic acids is 1. The van der Waals surface area contributed by atoms with Gasteiger partial charge in [-0.3, -0.25) is 4.79 Å². The third-order valence-electron chi connectivity index (χ3n) is 4.19. The molecule has 0 saturated heterocycles. The Labute approximate surface area is 120 Å². The molecule has 2 aliphatic rings. The van der Waals surface area contributed by atoms with E-state index in [1.54, 1.807) is 0 Å². The number of nitrogens with one attached hydrogen (secondary N) is 2. The van der Waals surface area contributed by atoms with Crippen LogP contribution in [0.15, 0.2) is 24.3 Å². The lowest BCUT2D eigenvalue weighted by Crippen LogP contribution is -2.48. The van der Waals surface area contributed by atoms with Crippen molar-refractivity contribution < 1.29 is 4.79 Å². The van der Waals surface area contributed by atoms with Crippen molar-refractivity contribution in [3.05, 3.63) is 35.4 Å². The molecule has 1 heterocycles. The molecule has 0 spiro atoms. The average Bonchev–Trinajstić information content (AvgIpc) is 2.36. The summed E-state index contributed by atoms with van der Waals surface area (Å²) >= 11 is 0. The fraction of sp³-hybridized carbons (Fsp3) is 0.533. The smallest absolute Gasteiger partial charge is 0.237 e. The van der Waals surface area contributed by atoms with Gasteiger partial charge in [0.2, 0.25) is 5.91 Å². The highest BCUT2D eigenvalue weighted by Gasteiger charge is 2.25. The first kappa shape index (κ1) is 14.4. The van der Waals surface area contributed by atoms with Crippen LogP contribution in [-0.2, 0) is 17.8 Å². The van der Waals surface area contributed by atoms with Crippen molar-refractivity contribution in [2.24, 2.45) is 5.92 Å². The Kier molecular flexibility index (Phi) is 4.83. The van der Waals surface area contributed by atoms with Crippen molar-refractivity contribution in [3.63, 3.8) is 0 Å². The Morgan fingerprint density at radius 2 is 2.00 bits per heavy atom. The Balaban J connectivity index is 0.00000133. The summed E-state index contributed by atoms with van der Waals surface area (Å²) in [5.41, 5.74) is 2.63. The number of rotatable bonds is 3. The van der Waals surface area contributed by atoms with E-state index in [-0.39, 0.29) is 24.4 Å².